The zero-order valence-corrected chi connectivity index (χ0v) is 13.9. The van der Waals surface area contributed by atoms with Crippen LogP contribution in [-0.4, -0.2) is 22.8 Å². The van der Waals surface area contributed by atoms with Crippen molar-refractivity contribution in [2.75, 3.05) is 0 Å². The zero-order valence-electron chi connectivity index (χ0n) is 13.9. The van der Waals surface area contributed by atoms with Gasteiger partial charge in [0.2, 0.25) is 0 Å². The second-order valence-electron chi connectivity index (χ2n) is 5.91. The van der Waals surface area contributed by atoms with E-state index in [1.165, 1.54) is 5.46 Å². The molecule has 4 aromatic rings. The lowest BCUT2D eigenvalue weighted by molar-refractivity contribution is 1.07. The molecule has 0 saturated heterocycles. The summed E-state index contributed by atoms with van der Waals surface area (Å²) in [6.45, 7) is 0. The predicted molar refractivity (Wildman–Crippen MR) is 104 cm³/mol. The standard InChI is InChI=1S/C21H16BN3/c22-18-13-7-12-17(14-18)21-24-19(15-8-3-1-4-9-15)23-20(25-21)16-10-5-2-6-11-16/h1-14H,22H2. The lowest BCUT2D eigenvalue weighted by atomic mass is 9.94. The van der Waals surface area contributed by atoms with E-state index in [0.717, 1.165) is 16.7 Å². The molecule has 0 N–H and O–H groups in total. The minimum atomic E-state index is 0.686. The van der Waals surface area contributed by atoms with Crippen molar-refractivity contribution in [3.05, 3.63) is 84.9 Å². The van der Waals surface area contributed by atoms with Gasteiger partial charge in [-0.2, -0.15) is 0 Å². The van der Waals surface area contributed by atoms with Gasteiger partial charge in [-0.05, 0) is 0 Å². The maximum absolute atomic E-state index is 4.72. The summed E-state index contributed by atoms with van der Waals surface area (Å²) >= 11 is 0. The van der Waals surface area contributed by atoms with Crippen molar-refractivity contribution in [3.8, 4) is 34.2 Å². The Bertz CT molecular complexity index is 944. The first-order chi connectivity index (χ1) is 12.3. The van der Waals surface area contributed by atoms with E-state index in [0.29, 0.717) is 17.5 Å². The van der Waals surface area contributed by atoms with Crippen LogP contribution in [0.5, 0.6) is 0 Å². The van der Waals surface area contributed by atoms with Crippen LogP contribution in [0.15, 0.2) is 84.9 Å². The van der Waals surface area contributed by atoms with Crippen LogP contribution >= 0.6 is 0 Å². The summed E-state index contributed by atoms with van der Waals surface area (Å²) in [6, 6.07) is 28.3. The largest absolute Gasteiger partial charge is 0.208 e. The maximum Gasteiger partial charge on any atom is 0.164 e. The van der Waals surface area contributed by atoms with Crippen LogP contribution in [0, 0.1) is 0 Å². The Balaban J connectivity index is 1.92. The fourth-order valence-corrected chi connectivity index (χ4v) is 2.72. The highest BCUT2D eigenvalue weighted by Crippen LogP contribution is 2.23. The van der Waals surface area contributed by atoms with E-state index in [4.69, 9.17) is 15.0 Å². The van der Waals surface area contributed by atoms with E-state index in [-0.39, 0.29) is 0 Å². The molecular weight excluding hydrogens is 305 g/mol. The molecule has 0 fully saturated rings. The maximum atomic E-state index is 4.72. The van der Waals surface area contributed by atoms with Crippen LogP contribution in [-0.2, 0) is 0 Å². The van der Waals surface area contributed by atoms with Crippen molar-refractivity contribution >= 4 is 13.3 Å². The fourth-order valence-electron chi connectivity index (χ4n) is 2.72. The molecule has 0 spiro atoms. The van der Waals surface area contributed by atoms with E-state index in [1.807, 2.05) is 72.8 Å². The van der Waals surface area contributed by atoms with Crippen LogP contribution in [0.3, 0.4) is 0 Å². The summed E-state index contributed by atoms with van der Waals surface area (Å²) in [4.78, 5) is 14.1. The van der Waals surface area contributed by atoms with Crippen molar-refractivity contribution in [2.45, 2.75) is 0 Å². The average molecular weight is 321 g/mol. The predicted octanol–water partition coefficient (Wildman–Crippen LogP) is 3.13. The quantitative estimate of drug-likeness (QED) is 0.544. The Morgan fingerprint density at radius 2 is 0.920 bits per heavy atom. The van der Waals surface area contributed by atoms with Crippen LogP contribution in [0.1, 0.15) is 0 Å². The van der Waals surface area contributed by atoms with E-state index in [1.54, 1.807) is 0 Å². The van der Waals surface area contributed by atoms with Gasteiger partial charge in [-0.15, -0.1) is 0 Å². The molecule has 0 unspecified atom stereocenters. The summed E-state index contributed by atoms with van der Waals surface area (Å²) in [5, 5.41) is 0. The molecule has 0 amide bonds. The van der Waals surface area contributed by atoms with Gasteiger partial charge >= 0.3 is 0 Å². The van der Waals surface area contributed by atoms with Crippen molar-refractivity contribution in [2.24, 2.45) is 0 Å². The molecule has 4 heteroatoms. The molecule has 0 aliphatic carbocycles. The molecule has 4 rings (SSSR count). The average Bonchev–Trinajstić information content (AvgIpc) is 2.69. The monoisotopic (exact) mass is 321 g/mol. The lowest BCUT2D eigenvalue weighted by Crippen LogP contribution is -2.04. The third kappa shape index (κ3) is 3.33. The molecule has 0 saturated carbocycles. The fraction of sp³-hybridized carbons (Fsp3) is 0. The molecule has 118 valence electrons. The number of hydrogen-bond acceptors (Lipinski definition) is 3. The number of benzene rings is 3. The van der Waals surface area contributed by atoms with E-state index in [2.05, 4.69) is 20.0 Å². The van der Waals surface area contributed by atoms with Crippen LogP contribution in [0.2, 0.25) is 0 Å². The van der Waals surface area contributed by atoms with E-state index >= 15 is 0 Å². The van der Waals surface area contributed by atoms with Gasteiger partial charge in [0, 0.05) is 16.7 Å². The summed E-state index contributed by atoms with van der Waals surface area (Å²) < 4.78 is 0. The minimum Gasteiger partial charge on any atom is -0.208 e. The molecule has 3 aromatic carbocycles. The van der Waals surface area contributed by atoms with Gasteiger partial charge in [0.15, 0.2) is 17.5 Å². The van der Waals surface area contributed by atoms with Gasteiger partial charge in [0.25, 0.3) is 0 Å². The number of hydrogen-bond donors (Lipinski definition) is 0. The third-order valence-electron chi connectivity index (χ3n) is 3.98. The van der Waals surface area contributed by atoms with Crippen molar-refractivity contribution in [1.82, 2.24) is 15.0 Å². The third-order valence-corrected chi connectivity index (χ3v) is 3.98. The Kier molecular flexibility index (Phi) is 4.09. The van der Waals surface area contributed by atoms with Crippen molar-refractivity contribution in [3.63, 3.8) is 0 Å². The van der Waals surface area contributed by atoms with Gasteiger partial charge in [0.1, 0.15) is 7.85 Å². The van der Waals surface area contributed by atoms with Crippen LogP contribution in [0.25, 0.3) is 34.2 Å². The smallest absolute Gasteiger partial charge is 0.164 e. The minimum absolute atomic E-state index is 0.686. The van der Waals surface area contributed by atoms with Crippen LogP contribution < -0.4 is 5.46 Å². The highest BCUT2D eigenvalue weighted by Gasteiger charge is 2.11. The molecule has 0 bridgehead atoms. The zero-order chi connectivity index (χ0) is 17.1. The Morgan fingerprint density at radius 3 is 1.40 bits per heavy atom. The number of aromatic nitrogens is 3. The van der Waals surface area contributed by atoms with E-state index < -0.39 is 0 Å². The molecule has 1 heterocycles. The SMILES string of the molecule is Bc1cccc(-c2nc(-c3ccccc3)nc(-c3ccccc3)n2)c1. The Hall–Kier alpha value is -3.27. The van der Waals surface area contributed by atoms with E-state index in [9.17, 15) is 0 Å². The van der Waals surface area contributed by atoms with Gasteiger partial charge in [-0.25, -0.2) is 15.0 Å². The Morgan fingerprint density at radius 1 is 0.480 bits per heavy atom. The second-order valence-corrected chi connectivity index (χ2v) is 5.91. The molecule has 1 aromatic heterocycles. The molecule has 0 aliphatic rings. The molecule has 0 atom stereocenters. The first-order valence-corrected chi connectivity index (χ1v) is 8.23. The van der Waals surface area contributed by atoms with Crippen molar-refractivity contribution in [1.29, 1.82) is 0 Å². The Labute approximate surface area is 147 Å². The molecule has 0 aliphatic heterocycles. The number of rotatable bonds is 3. The summed E-state index contributed by atoms with van der Waals surface area (Å²) in [7, 11) is 2.07. The second kappa shape index (κ2) is 6.69. The highest BCUT2D eigenvalue weighted by molar-refractivity contribution is 6.32. The topological polar surface area (TPSA) is 38.7 Å². The molecule has 3 nitrogen and oxygen atoms in total. The summed E-state index contributed by atoms with van der Waals surface area (Å²) in [5.41, 5.74) is 4.14. The van der Waals surface area contributed by atoms with Gasteiger partial charge in [-0.1, -0.05) is 90.4 Å². The molecule has 0 radical (unpaired) electrons. The van der Waals surface area contributed by atoms with Gasteiger partial charge in [0.05, 0.1) is 0 Å². The van der Waals surface area contributed by atoms with Gasteiger partial charge < -0.3 is 0 Å². The molecule has 25 heavy (non-hydrogen) atoms. The van der Waals surface area contributed by atoms with Crippen LogP contribution in [0.4, 0.5) is 0 Å². The number of nitrogens with zero attached hydrogens (tertiary/aromatic N) is 3. The first-order valence-electron chi connectivity index (χ1n) is 8.23. The summed E-state index contributed by atoms with van der Waals surface area (Å²) in [5.74, 6) is 2.06. The molecular formula is C21H16BN3. The normalized spacial score (nSPS) is 10.6. The lowest BCUT2D eigenvalue weighted by Gasteiger charge is -2.08. The van der Waals surface area contributed by atoms with Gasteiger partial charge in [-0.3, -0.25) is 0 Å². The van der Waals surface area contributed by atoms with Crippen molar-refractivity contribution < 1.29 is 0 Å². The first kappa shape index (κ1) is 15.3. The summed E-state index contributed by atoms with van der Waals surface area (Å²) in [6.07, 6.45) is 0. The highest BCUT2D eigenvalue weighted by atomic mass is 15.0.